The van der Waals surface area contributed by atoms with Crippen molar-refractivity contribution in [3.8, 4) is 0 Å². The zero-order valence-electron chi connectivity index (χ0n) is 13.0. The van der Waals surface area contributed by atoms with Crippen molar-refractivity contribution in [2.75, 3.05) is 13.2 Å². The molecule has 4 amide bonds. The fraction of sp³-hybridized carbons (Fsp3) is 0.533. The molecule has 6 nitrogen and oxygen atoms in total. The molecule has 0 bridgehead atoms. The third-order valence-corrected chi connectivity index (χ3v) is 5.49. The number of amides is 4. The fourth-order valence-corrected chi connectivity index (χ4v) is 4.17. The zero-order chi connectivity index (χ0) is 16.0. The van der Waals surface area contributed by atoms with Crippen LogP contribution in [0.1, 0.15) is 37.3 Å². The summed E-state index contributed by atoms with van der Waals surface area (Å²) in [5, 5.41) is 2.08. The van der Waals surface area contributed by atoms with E-state index >= 15 is 0 Å². The molecule has 22 heavy (non-hydrogen) atoms. The van der Waals surface area contributed by atoms with Gasteiger partial charge in [0, 0.05) is 22.9 Å². The van der Waals surface area contributed by atoms with Gasteiger partial charge in [0.25, 0.3) is 0 Å². The summed E-state index contributed by atoms with van der Waals surface area (Å²) in [6, 6.07) is 1.55. The van der Waals surface area contributed by atoms with E-state index in [2.05, 4.69) is 18.4 Å². The number of carbonyl (C=O) groups excluding carboxylic acids is 3. The van der Waals surface area contributed by atoms with Gasteiger partial charge in [-0.2, -0.15) is 0 Å². The molecule has 2 aliphatic rings. The summed E-state index contributed by atoms with van der Waals surface area (Å²) in [5.41, 5.74) is 1.29. The molecule has 1 fully saturated rings. The monoisotopic (exact) mass is 322 g/mol. The molecule has 118 valence electrons. The second-order valence-corrected chi connectivity index (χ2v) is 7.12. The third kappa shape index (κ3) is 2.24. The number of imide groups is 2. The smallest absolute Gasteiger partial charge is 0.311 e. The van der Waals surface area contributed by atoms with E-state index in [9.17, 15) is 14.4 Å². The summed E-state index contributed by atoms with van der Waals surface area (Å²) in [6.45, 7) is 6.69. The lowest BCUT2D eigenvalue weighted by Gasteiger charge is -2.32. The summed E-state index contributed by atoms with van der Waals surface area (Å²) in [7, 11) is 0. The molecule has 0 saturated carbocycles. The van der Waals surface area contributed by atoms with Crippen molar-refractivity contribution in [3.05, 3.63) is 21.9 Å². The zero-order valence-corrected chi connectivity index (χ0v) is 13.8. The van der Waals surface area contributed by atoms with E-state index in [1.165, 1.54) is 10.4 Å². The molecule has 1 aromatic heterocycles. The Balaban J connectivity index is 1.78. The van der Waals surface area contributed by atoms with E-state index in [1.54, 1.807) is 25.2 Å². The molecule has 1 saturated heterocycles. The minimum atomic E-state index is -0.708. The molecule has 1 unspecified atom stereocenters. The van der Waals surface area contributed by atoms with Crippen LogP contribution in [0.15, 0.2) is 11.4 Å². The number of carbonyl (C=O) groups is 3. The van der Waals surface area contributed by atoms with Gasteiger partial charge < -0.3 is 4.90 Å². The normalized spacial score (nSPS) is 25.4. The second kappa shape index (κ2) is 5.48. The number of urea groups is 1. The number of hydrogen-bond acceptors (Lipinski definition) is 4. The summed E-state index contributed by atoms with van der Waals surface area (Å²) in [4.78, 5) is 41.1. The molecule has 0 aromatic carbocycles. The van der Waals surface area contributed by atoms with Crippen LogP contribution in [-0.4, -0.2) is 46.9 Å². The van der Waals surface area contributed by atoms with Crippen LogP contribution in [0.3, 0.4) is 0 Å². The molecular formula is C15H20N3O3S+. The lowest BCUT2D eigenvalue weighted by atomic mass is 10.0. The molecular weight excluding hydrogens is 302 g/mol. The molecule has 0 aliphatic carbocycles. The van der Waals surface area contributed by atoms with Gasteiger partial charge in [-0.15, -0.1) is 11.3 Å². The Hall–Kier alpha value is -1.73. The highest BCUT2D eigenvalue weighted by atomic mass is 32.1. The van der Waals surface area contributed by atoms with Gasteiger partial charge in [-0.25, -0.2) is 9.69 Å². The van der Waals surface area contributed by atoms with Gasteiger partial charge in [-0.05, 0) is 32.2 Å². The van der Waals surface area contributed by atoms with E-state index in [-0.39, 0.29) is 18.8 Å². The van der Waals surface area contributed by atoms with Gasteiger partial charge in [0.1, 0.15) is 6.04 Å². The van der Waals surface area contributed by atoms with Crippen LogP contribution in [0, 0.1) is 0 Å². The Kier molecular flexibility index (Phi) is 3.78. The SMILES string of the molecule is CC(C)N1C(=O)C(=O)N(C[NH+]2CCc3sccc3[C@H]2C)C1=O. The van der Waals surface area contributed by atoms with E-state index in [1.807, 2.05) is 0 Å². The first kappa shape index (κ1) is 15.2. The molecule has 1 N–H and O–H groups in total. The molecule has 0 spiro atoms. The van der Waals surface area contributed by atoms with Gasteiger partial charge in [0.05, 0.1) is 6.54 Å². The minimum absolute atomic E-state index is 0.221. The Bertz CT molecular complexity index is 640. The molecule has 1 aromatic rings. The third-order valence-electron chi connectivity index (χ3n) is 4.49. The average molecular weight is 322 g/mol. The van der Waals surface area contributed by atoms with Crippen LogP contribution in [0.5, 0.6) is 0 Å². The van der Waals surface area contributed by atoms with Crippen molar-refractivity contribution >= 4 is 29.2 Å². The molecule has 0 radical (unpaired) electrons. The number of nitrogens with one attached hydrogen (secondary N) is 1. The summed E-state index contributed by atoms with van der Waals surface area (Å²) < 4.78 is 0. The predicted molar refractivity (Wildman–Crippen MR) is 81.4 cm³/mol. The Morgan fingerprint density at radius 1 is 1.32 bits per heavy atom. The number of quaternary nitrogens is 1. The van der Waals surface area contributed by atoms with Crippen LogP contribution >= 0.6 is 11.3 Å². The maximum Gasteiger partial charge on any atom is 0.338 e. The van der Waals surface area contributed by atoms with Crippen LogP contribution < -0.4 is 4.90 Å². The quantitative estimate of drug-likeness (QED) is 0.647. The minimum Gasteiger partial charge on any atom is -0.311 e. The van der Waals surface area contributed by atoms with Crippen molar-refractivity contribution < 1.29 is 19.3 Å². The van der Waals surface area contributed by atoms with Gasteiger partial charge >= 0.3 is 17.8 Å². The average Bonchev–Trinajstić information content (AvgIpc) is 3.01. The first-order valence-corrected chi connectivity index (χ1v) is 8.39. The van der Waals surface area contributed by atoms with Crippen molar-refractivity contribution in [1.29, 1.82) is 0 Å². The van der Waals surface area contributed by atoms with Gasteiger partial charge in [-0.3, -0.25) is 14.5 Å². The first-order chi connectivity index (χ1) is 10.4. The van der Waals surface area contributed by atoms with Crippen LogP contribution in [0.2, 0.25) is 0 Å². The largest absolute Gasteiger partial charge is 0.338 e. The van der Waals surface area contributed by atoms with Crippen LogP contribution in [0.4, 0.5) is 4.79 Å². The summed E-state index contributed by atoms with van der Waals surface area (Å²) >= 11 is 1.76. The van der Waals surface area contributed by atoms with Gasteiger partial charge in [0.2, 0.25) is 0 Å². The number of rotatable bonds is 3. The van der Waals surface area contributed by atoms with Crippen LogP contribution in [0.25, 0.3) is 0 Å². The van der Waals surface area contributed by atoms with Crippen molar-refractivity contribution in [2.24, 2.45) is 0 Å². The molecule has 2 aliphatic heterocycles. The number of thiophene rings is 1. The summed E-state index contributed by atoms with van der Waals surface area (Å²) in [6.07, 6.45) is 0.949. The number of hydrogen-bond donors (Lipinski definition) is 1. The Morgan fingerprint density at radius 3 is 2.68 bits per heavy atom. The molecule has 3 heterocycles. The van der Waals surface area contributed by atoms with Crippen LogP contribution in [-0.2, 0) is 16.0 Å². The molecule has 3 rings (SSSR count). The lowest BCUT2D eigenvalue weighted by molar-refractivity contribution is -0.938. The second-order valence-electron chi connectivity index (χ2n) is 6.12. The van der Waals surface area contributed by atoms with Crippen molar-refractivity contribution in [3.63, 3.8) is 0 Å². The highest BCUT2D eigenvalue weighted by Crippen LogP contribution is 2.25. The Morgan fingerprint density at radius 2 is 2.05 bits per heavy atom. The Labute approximate surface area is 133 Å². The maximum atomic E-state index is 12.3. The van der Waals surface area contributed by atoms with Gasteiger partial charge in [0.15, 0.2) is 6.67 Å². The van der Waals surface area contributed by atoms with E-state index < -0.39 is 17.8 Å². The fourth-order valence-electron chi connectivity index (χ4n) is 3.19. The standard InChI is InChI=1S/C15H19N3O3S/c1-9(2)18-14(20)13(19)17(15(18)21)8-16-6-4-12-11(10(16)3)5-7-22-12/h5,7,9-10H,4,6,8H2,1-3H3/p+1/t10-/m1/s1. The maximum absolute atomic E-state index is 12.3. The number of fused-ring (bicyclic) bond motifs is 1. The lowest BCUT2D eigenvalue weighted by Crippen LogP contribution is -3.14. The van der Waals surface area contributed by atoms with E-state index in [0.29, 0.717) is 0 Å². The van der Waals surface area contributed by atoms with Gasteiger partial charge in [-0.1, -0.05) is 0 Å². The highest BCUT2D eigenvalue weighted by Gasteiger charge is 2.48. The van der Waals surface area contributed by atoms with Crippen molar-refractivity contribution in [1.82, 2.24) is 9.80 Å². The van der Waals surface area contributed by atoms with E-state index in [4.69, 9.17) is 0 Å². The van der Waals surface area contributed by atoms with E-state index in [0.717, 1.165) is 27.7 Å². The molecule has 7 heteroatoms. The first-order valence-electron chi connectivity index (χ1n) is 7.51. The van der Waals surface area contributed by atoms with Crippen molar-refractivity contribution in [2.45, 2.75) is 39.3 Å². The number of nitrogens with zero attached hydrogens (tertiary/aromatic N) is 2. The molecule has 2 atom stereocenters. The predicted octanol–water partition coefficient (Wildman–Crippen LogP) is 0.407. The topological polar surface area (TPSA) is 62.1 Å². The highest BCUT2D eigenvalue weighted by molar-refractivity contribution is 7.10. The summed E-state index contributed by atoms with van der Waals surface area (Å²) in [5.74, 6) is -1.41.